The molecule has 0 atom stereocenters. The highest BCUT2D eigenvalue weighted by Crippen LogP contribution is 2.23. The fourth-order valence-corrected chi connectivity index (χ4v) is 2.34. The molecule has 0 fully saturated rings. The molecule has 0 bridgehead atoms. The fraction of sp³-hybridized carbons (Fsp3) is 0.176. The van der Waals surface area contributed by atoms with Gasteiger partial charge in [0.25, 0.3) is 0 Å². The van der Waals surface area contributed by atoms with E-state index in [0.29, 0.717) is 23.1 Å². The average Bonchev–Trinajstić information content (AvgIpc) is 3.02. The number of carbonyl (C=O) groups is 1. The fourth-order valence-electron chi connectivity index (χ4n) is 2.21. The Morgan fingerprint density at radius 2 is 1.78 bits per heavy atom. The molecule has 0 amide bonds. The lowest BCUT2D eigenvalue weighted by molar-refractivity contribution is 0.0888. The highest BCUT2D eigenvalue weighted by Gasteiger charge is 2.18. The predicted octanol–water partition coefficient (Wildman–Crippen LogP) is 4.10. The molecular weight excluding hydrogens is 312 g/mol. The molecule has 6 heteroatoms. The molecule has 3 aromatic rings. The van der Waals surface area contributed by atoms with Gasteiger partial charge in [0.2, 0.25) is 5.91 Å². The molecule has 5 nitrogen and oxygen atoms in total. The Kier molecular flexibility index (Phi) is 4.48. The topological polar surface area (TPSA) is 60.7 Å². The van der Waals surface area contributed by atoms with Crippen molar-refractivity contribution in [1.29, 1.82) is 0 Å². The van der Waals surface area contributed by atoms with Crippen molar-refractivity contribution in [1.82, 2.24) is 19.7 Å². The van der Waals surface area contributed by atoms with Gasteiger partial charge in [-0.05, 0) is 42.8 Å². The number of aromatic nitrogens is 4. The van der Waals surface area contributed by atoms with E-state index in [4.69, 9.17) is 11.6 Å². The van der Waals surface area contributed by atoms with Crippen molar-refractivity contribution in [2.45, 2.75) is 19.8 Å². The molecule has 0 saturated heterocycles. The molecule has 0 aliphatic rings. The van der Waals surface area contributed by atoms with Crippen LogP contribution in [-0.2, 0) is 0 Å². The minimum absolute atomic E-state index is 0.0768. The molecule has 3 rings (SSSR count). The van der Waals surface area contributed by atoms with E-state index in [9.17, 15) is 4.79 Å². The van der Waals surface area contributed by atoms with Crippen LogP contribution in [0.5, 0.6) is 0 Å². The van der Waals surface area contributed by atoms with Crippen LogP contribution in [0.25, 0.3) is 22.8 Å². The Morgan fingerprint density at radius 3 is 2.43 bits per heavy atom. The van der Waals surface area contributed by atoms with E-state index in [1.807, 2.05) is 31.2 Å². The number of hydrogen-bond acceptors (Lipinski definition) is 4. The maximum Gasteiger partial charge on any atom is 0.248 e. The van der Waals surface area contributed by atoms with Gasteiger partial charge < -0.3 is 0 Å². The molecule has 2 aromatic heterocycles. The summed E-state index contributed by atoms with van der Waals surface area (Å²) in [6.07, 6.45) is 4.51. The highest BCUT2D eigenvalue weighted by molar-refractivity contribution is 6.30. The Bertz CT molecular complexity index is 812. The number of benzene rings is 1. The molecule has 116 valence electrons. The summed E-state index contributed by atoms with van der Waals surface area (Å²) in [4.78, 5) is 20.9. The molecule has 0 N–H and O–H groups in total. The van der Waals surface area contributed by atoms with Gasteiger partial charge >= 0.3 is 0 Å². The quantitative estimate of drug-likeness (QED) is 0.724. The first-order chi connectivity index (χ1) is 11.2. The van der Waals surface area contributed by atoms with Gasteiger partial charge in [-0.3, -0.25) is 9.78 Å². The van der Waals surface area contributed by atoms with Crippen molar-refractivity contribution < 1.29 is 4.79 Å². The molecule has 0 radical (unpaired) electrons. The van der Waals surface area contributed by atoms with E-state index in [1.165, 1.54) is 4.68 Å². The third-order valence-corrected chi connectivity index (χ3v) is 3.60. The minimum atomic E-state index is -0.0768. The molecule has 1 aromatic carbocycles. The first-order valence-electron chi connectivity index (χ1n) is 7.35. The first kappa shape index (κ1) is 15.4. The molecule has 0 aliphatic carbocycles. The molecule has 0 aliphatic heterocycles. The van der Waals surface area contributed by atoms with Crippen LogP contribution >= 0.6 is 11.6 Å². The number of pyridine rings is 1. The molecule has 0 spiro atoms. The van der Waals surface area contributed by atoms with Crippen molar-refractivity contribution >= 4 is 17.5 Å². The van der Waals surface area contributed by atoms with Crippen LogP contribution in [0, 0.1) is 0 Å². The average molecular weight is 327 g/mol. The van der Waals surface area contributed by atoms with Crippen LogP contribution in [-0.4, -0.2) is 25.7 Å². The second kappa shape index (κ2) is 6.71. The molecule has 23 heavy (non-hydrogen) atoms. The lowest BCUT2D eigenvalue weighted by Crippen LogP contribution is -2.13. The van der Waals surface area contributed by atoms with E-state index in [-0.39, 0.29) is 5.91 Å². The van der Waals surface area contributed by atoms with Gasteiger partial charge in [0.05, 0.1) is 0 Å². The Morgan fingerprint density at radius 1 is 1.09 bits per heavy atom. The lowest BCUT2D eigenvalue weighted by Gasteiger charge is -2.03. The third kappa shape index (κ3) is 3.29. The number of halogens is 1. The van der Waals surface area contributed by atoms with Crippen molar-refractivity contribution in [3.8, 4) is 22.8 Å². The van der Waals surface area contributed by atoms with Crippen LogP contribution in [0.1, 0.15) is 24.6 Å². The van der Waals surface area contributed by atoms with E-state index in [0.717, 1.165) is 17.5 Å². The predicted molar refractivity (Wildman–Crippen MR) is 89.2 cm³/mol. The summed E-state index contributed by atoms with van der Waals surface area (Å²) in [5.41, 5.74) is 1.62. The molecule has 0 unspecified atom stereocenters. The summed E-state index contributed by atoms with van der Waals surface area (Å²) in [7, 11) is 0. The highest BCUT2D eigenvalue weighted by atomic mass is 35.5. The van der Waals surface area contributed by atoms with Crippen LogP contribution in [0.2, 0.25) is 5.02 Å². The van der Waals surface area contributed by atoms with Crippen LogP contribution < -0.4 is 0 Å². The van der Waals surface area contributed by atoms with Crippen molar-refractivity contribution in [2.75, 3.05) is 0 Å². The largest absolute Gasteiger partial charge is 0.273 e. The number of hydrogen-bond donors (Lipinski definition) is 0. The SMILES string of the molecule is CCCC(=O)n1nc(-c2ccc(Cl)cc2)nc1-c1ccncc1. The second-order valence-corrected chi connectivity index (χ2v) is 5.49. The zero-order chi connectivity index (χ0) is 16.2. The Labute approximate surface area is 139 Å². The van der Waals surface area contributed by atoms with Crippen LogP contribution in [0.3, 0.4) is 0 Å². The van der Waals surface area contributed by atoms with E-state index in [2.05, 4.69) is 15.1 Å². The van der Waals surface area contributed by atoms with Gasteiger partial charge in [-0.2, -0.15) is 4.68 Å². The summed E-state index contributed by atoms with van der Waals surface area (Å²) < 4.78 is 1.38. The summed E-state index contributed by atoms with van der Waals surface area (Å²) in [5, 5.41) is 5.04. The van der Waals surface area contributed by atoms with Gasteiger partial charge in [-0.15, -0.1) is 5.10 Å². The Balaban J connectivity index is 2.10. The van der Waals surface area contributed by atoms with Gasteiger partial charge in [0.15, 0.2) is 11.6 Å². The maximum atomic E-state index is 12.4. The maximum absolute atomic E-state index is 12.4. The standard InChI is InChI=1S/C17H15ClN4O/c1-2-3-15(23)22-17(13-8-10-19-11-9-13)20-16(21-22)12-4-6-14(18)7-5-12/h4-11H,2-3H2,1H3. The normalized spacial score (nSPS) is 10.7. The second-order valence-electron chi connectivity index (χ2n) is 5.06. The van der Waals surface area contributed by atoms with E-state index in [1.54, 1.807) is 24.5 Å². The van der Waals surface area contributed by atoms with Crippen molar-refractivity contribution in [3.05, 3.63) is 53.8 Å². The summed E-state index contributed by atoms with van der Waals surface area (Å²) in [6, 6.07) is 10.8. The first-order valence-corrected chi connectivity index (χ1v) is 7.73. The number of rotatable bonds is 4. The Hall–Kier alpha value is -2.53. The van der Waals surface area contributed by atoms with Crippen molar-refractivity contribution in [3.63, 3.8) is 0 Å². The van der Waals surface area contributed by atoms with Gasteiger partial charge in [0.1, 0.15) is 0 Å². The van der Waals surface area contributed by atoms with Gasteiger partial charge in [-0.1, -0.05) is 18.5 Å². The van der Waals surface area contributed by atoms with Crippen molar-refractivity contribution in [2.24, 2.45) is 0 Å². The van der Waals surface area contributed by atoms with Crippen LogP contribution in [0.4, 0.5) is 0 Å². The molecule has 0 saturated carbocycles. The van der Waals surface area contributed by atoms with Gasteiger partial charge in [0, 0.05) is 35.0 Å². The number of carbonyl (C=O) groups excluding carboxylic acids is 1. The number of nitrogens with zero attached hydrogens (tertiary/aromatic N) is 4. The van der Waals surface area contributed by atoms with Crippen LogP contribution in [0.15, 0.2) is 48.8 Å². The third-order valence-electron chi connectivity index (χ3n) is 3.35. The van der Waals surface area contributed by atoms with E-state index < -0.39 is 0 Å². The monoisotopic (exact) mass is 326 g/mol. The molecular formula is C17H15ClN4O. The zero-order valence-electron chi connectivity index (χ0n) is 12.6. The van der Waals surface area contributed by atoms with E-state index >= 15 is 0 Å². The summed E-state index contributed by atoms with van der Waals surface area (Å²) in [5.74, 6) is 0.945. The molecule has 2 heterocycles. The summed E-state index contributed by atoms with van der Waals surface area (Å²) in [6.45, 7) is 1.96. The van der Waals surface area contributed by atoms with Gasteiger partial charge in [-0.25, -0.2) is 4.98 Å². The minimum Gasteiger partial charge on any atom is -0.273 e. The smallest absolute Gasteiger partial charge is 0.248 e. The zero-order valence-corrected chi connectivity index (χ0v) is 13.4. The summed E-state index contributed by atoms with van der Waals surface area (Å²) >= 11 is 5.92. The lowest BCUT2D eigenvalue weighted by atomic mass is 10.2.